The standard InChI is InChI=1S/C10H15F3N4O/c1-7(2)17-5-8(3-15-17)16-9(18)4-14-6-10(11,12)13/h3,5,7,14H,4,6H2,1-2H3,(H,16,18). The van der Waals surface area contributed by atoms with Crippen LogP contribution in [-0.2, 0) is 4.79 Å². The predicted octanol–water partition coefficient (Wildman–Crippen LogP) is 1.55. The molecule has 0 aliphatic rings. The molecule has 0 aliphatic heterocycles. The molecule has 0 atom stereocenters. The zero-order valence-corrected chi connectivity index (χ0v) is 10.1. The van der Waals surface area contributed by atoms with Gasteiger partial charge in [0.1, 0.15) is 0 Å². The fourth-order valence-electron chi connectivity index (χ4n) is 1.21. The molecule has 1 aromatic rings. The van der Waals surface area contributed by atoms with Gasteiger partial charge in [0.15, 0.2) is 0 Å². The van der Waals surface area contributed by atoms with Gasteiger partial charge in [-0.05, 0) is 13.8 Å². The Morgan fingerprint density at radius 3 is 2.67 bits per heavy atom. The Kier molecular flexibility index (Phi) is 4.71. The average molecular weight is 264 g/mol. The molecule has 0 aliphatic carbocycles. The molecular weight excluding hydrogens is 249 g/mol. The van der Waals surface area contributed by atoms with Gasteiger partial charge in [0.2, 0.25) is 5.91 Å². The van der Waals surface area contributed by atoms with Crippen LogP contribution in [0.1, 0.15) is 19.9 Å². The maximum Gasteiger partial charge on any atom is 0.401 e. The average Bonchev–Trinajstić information content (AvgIpc) is 2.64. The van der Waals surface area contributed by atoms with Crippen LogP contribution in [-0.4, -0.2) is 35.0 Å². The van der Waals surface area contributed by atoms with Gasteiger partial charge in [0.25, 0.3) is 0 Å². The largest absolute Gasteiger partial charge is 0.401 e. The summed E-state index contributed by atoms with van der Waals surface area (Å²) in [4.78, 5) is 11.3. The quantitative estimate of drug-likeness (QED) is 0.848. The number of aromatic nitrogens is 2. The second-order valence-corrected chi connectivity index (χ2v) is 4.07. The molecule has 102 valence electrons. The number of nitrogens with one attached hydrogen (secondary N) is 2. The summed E-state index contributed by atoms with van der Waals surface area (Å²) < 4.78 is 37.1. The third-order valence-corrected chi connectivity index (χ3v) is 2.03. The number of anilines is 1. The predicted molar refractivity (Wildman–Crippen MR) is 60.2 cm³/mol. The smallest absolute Gasteiger partial charge is 0.322 e. The van der Waals surface area contributed by atoms with Gasteiger partial charge >= 0.3 is 6.18 Å². The lowest BCUT2D eigenvalue weighted by atomic mass is 10.4. The molecule has 0 aromatic carbocycles. The minimum Gasteiger partial charge on any atom is -0.322 e. The SMILES string of the molecule is CC(C)n1cc(NC(=O)CNCC(F)(F)F)cn1. The van der Waals surface area contributed by atoms with Crippen molar-refractivity contribution in [2.24, 2.45) is 0 Å². The van der Waals surface area contributed by atoms with Crippen molar-refractivity contribution < 1.29 is 18.0 Å². The molecule has 1 rings (SSSR count). The van der Waals surface area contributed by atoms with Crippen molar-refractivity contribution in [3.63, 3.8) is 0 Å². The molecule has 0 radical (unpaired) electrons. The van der Waals surface area contributed by atoms with E-state index in [9.17, 15) is 18.0 Å². The first-order chi connectivity index (χ1) is 8.28. The van der Waals surface area contributed by atoms with Crippen molar-refractivity contribution in [1.82, 2.24) is 15.1 Å². The first kappa shape index (κ1) is 14.5. The summed E-state index contributed by atoms with van der Waals surface area (Å²) in [7, 11) is 0. The Morgan fingerprint density at radius 1 is 1.50 bits per heavy atom. The molecule has 0 spiro atoms. The van der Waals surface area contributed by atoms with Crippen molar-refractivity contribution in [3.05, 3.63) is 12.4 Å². The Labute approximate surface area is 102 Å². The number of rotatable bonds is 5. The molecule has 0 fully saturated rings. The van der Waals surface area contributed by atoms with E-state index in [4.69, 9.17) is 0 Å². The van der Waals surface area contributed by atoms with Gasteiger partial charge < -0.3 is 10.6 Å². The fraction of sp³-hybridized carbons (Fsp3) is 0.600. The number of hydrogen-bond acceptors (Lipinski definition) is 3. The van der Waals surface area contributed by atoms with Crippen molar-refractivity contribution in [3.8, 4) is 0 Å². The van der Waals surface area contributed by atoms with Crippen LogP contribution in [0.4, 0.5) is 18.9 Å². The van der Waals surface area contributed by atoms with Crippen LogP contribution in [0.25, 0.3) is 0 Å². The summed E-state index contributed by atoms with van der Waals surface area (Å²) in [5.41, 5.74) is 0.461. The van der Waals surface area contributed by atoms with E-state index >= 15 is 0 Å². The molecule has 0 saturated carbocycles. The summed E-state index contributed by atoms with van der Waals surface area (Å²) in [5.74, 6) is -0.539. The summed E-state index contributed by atoms with van der Waals surface area (Å²) in [6.07, 6.45) is -1.25. The Balaban J connectivity index is 2.35. The van der Waals surface area contributed by atoms with Crippen LogP contribution in [0.15, 0.2) is 12.4 Å². The van der Waals surface area contributed by atoms with E-state index in [1.165, 1.54) is 6.20 Å². The Morgan fingerprint density at radius 2 is 2.17 bits per heavy atom. The van der Waals surface area contributed by atoms with E-state index in [0.717, 1.165) is 0 Å². The lowest BCUT2D eigenvalue weighted by Crippen LogP contribution is -2.35. The molecule has 18 heavy (non-hydrogen) atoms. The van der Waals surface area contributed by atoms with Crippen molar-refractivity contribution in [1.29, 1.82) is 0 Å². The highest BCUT2D eigenvalue weighted by Gasteiger charge is 2.26. The molecule has 2 N–H and O–H groups in total. The second-order valence-electron chi connectivity index (χ2n) is 4.07. The third-order valence-electron chi connectivity index (χ3n) is 2.03. The highest BCUT2D eigenvalue weighted by atomic mass is 19.4. The van der Waals surface area contributed by atoms with Gasteiger partial charge in [0, 0.05) is 12.2 Å². The second kappa shape index (κ2) is 5.85. The van der Waals surface area contributed by atoms with E-state index in [1.807, 2.05) is 19.2 Å². The van der Waals surface area contributed by atoms with Gasteiger partial charge in [-0.25, -0.2) is 0 Å². The topological polar surface area (TPSA) is 59.0 Å². The highest BCUT2D eigenvalue weighted by molar-refractivity contribution is 5.91. The van der Waals surface area contributed by atoms with Gasteiger partial charge in [0.05, 0.1) is 25.0 Å². The maximum atomic E-state index is 11.8. The van der Waals surface area contributed by atoms with E-state index < -0.39 is 25.2 Å². The monoisotopic (exact) mass is 264 g/mol. The number of hydrogen-bond donors (Lipinski definition) is 2. The fourth-order valence-corrected chi connectivity index (χ4v) is 1.21. The van der Waals surface area contributed by atoms with Gasteiger partial charge in [-0.2, -0.15) is 18.3 Å². The molecule has 1 heterocycles. The minimum absolute atomic E-state index is 0.152. The molecule has 1 amide bonds. The van der Waals surface area contributed by atoms with Crippen molar-refractivity contribution >= 4 is 11.6 Å². The van der Waals surface area contributed by atoms with Crippen LogP contribution >= 0.6 is 0 Å². The zero-order chi connectivity index (χ0) is 13.8. The Bertz CT molecular complexity index is 400. The summed E-state index contributed by atoms with van der Waals surface area (Å²) in [5, 5.41) is 8.45. The van der Waals surface area contributed by atoms with Gasteiger partial charge in [-0.1, -0.05) is 0 Å². The lowest BCUT2D eigenvalue weighted by Gasteiger charge is -2.07. The number of carbonyl (C=O) groups excluding carboxylic acids is 1. The molecule has 0 bridgehead atoms. The molecule has 5 nitrogen and oxygen atoms in total. The molecule has 1 aromatic heterocycles. The zero-order valence-electron chi connectivity index (χ0n) is 10.1. The van der Waals surface area contributed by atoms with Crippen LogP contribution in [0, 0.1) is 0 Å². The van der Waals surface area contributed by atoms with Crippen molar-refractivity contribution in [2.75, 3.05) is 18.4 Å². The molecule has 0 saturated heterocycles. The number of amides is 1. The minimum atomic E-state index is -4.32. The third kappa shape index (κ3) is 5.17. The molecule has 0 unspecified atom stereocenters. The summed E-state index contributed by atoms with van der Waals surface area (Å²) >= 11 is 0. The van der Waals surface area contributed by atoms with Gasteiger partial charge in [-0.15, -0.1) is 0 Å². The van der Waals surface area contributed by atoms with E-state index in [-0.39, 0.29) is 6.04 Å². The van der Waals surface area contributed by atoms with Crippen LogP contribution in [0.2, 0.25) is 0 Å². The number of carbonyl (C=O) groups is 1. The number of nitrogens with zero attached hydrogens (tertiary/aromatic N) is 2. The van der Waals surface area contributed by atoms with E-state index in [0.29, 0.717) is 5.69 Å². The van der Waals surface area contributed by atoms with Gasteiger partial charge in [-0.3, -0.25) is 9.48 Å². The molecule has 8 heteroatoms. The number of alkyl halides is 3. The normalized spacial score (nSPS) is 11.9. The van der Waals surface area contributed by atoms with E-state index in [1.54, 1.807) is 10.9 Å². The molecular formula is C10H15F3N4O. The van der Waals surface area contributed by atoms with Crippen molar-refractivity contribution in [2.45, 2.75) is 26.1 Å². The number of halogens is 3. The highest BCUT2D eigenvalue weighted by Crippen LogP contribution is 2.12. The van der Waals surface area contributed by atoms with E-state index in [2.05, 4.69) is 10.4 Å². The summed E-state index contributed by atoms with van der Waals surface area (Å²) in [6, 6.07) is 0.152. The summed E-state index contributed by atoms with van der Waals surface area (Å²) in [6.45, 7) is 2.25. The van der Waals surface area contributed by atoms with Crippen LogP contribution < -0.4 is 10.6 Å². The first-order valence-corrected chi connectivity index (χ1v) is 5.39. The first-order valence-electron chi connectivity index (χ1n) is 5.39. The van der Waals surface area contributed by atoms with Crippen LogP contribution in [0.5, 0.6) is 0 Å². The Hall–Kier alpha value is -1.57. The lowest BCUT2D eigenvalue weighted by molar-refractivity contribution is -0.126. The van der Waals surface area contributed by atoms with Crippen LogP contribution in [0.3, 0.4) is 0 Å². The maximum absolute atomic E-state index is 11.8.